The lowest BCUT2D eigenvalue weighted by molar-refractivity contribution is 0.984. The van der Waals surface area contributed by atoms with Crippen molar-refractivity contribution < 1.29 is 0 Å². The Kier molecular flexibility index (Phi) is 3.33. The molecule has 0 aliphatic heterocycles. The lowest BCUT2D eigenvalue weighted by Crippen LogP contribution is -2.05. The van der Waals surface area contributed by atoms with Gasteiger partial charge in [0.15, 0.2) is 0 Å². The average Bonchev–Trinajstić information content (AvgIpc) is 2.82. The van der Waals surface area contributed by atoms with Gasteiger partial charge in [0, 0.05) is 11.9 Å². The zero-order chi connectivity index (χ0) is 14.8. The van der Waals surface area contributed by atoms with Crippen LogP contribution >= 0.6 is 0 Å². The van der Waals surface area contributed by atoms with Gasteiger partial charge in [-0.1, -0.05) is 12.1 Å². The number of anilines is 1. The molecule has 0 aliphatic carbocycles. The molecule has 1 aromatic carbocycles. The number of nitrogens with zero attached hydrogens (tertiary/aromatic N) is 3. The molecule has 2 aromatic heterocycles. The molecule has 0 saturated carbocycles. The van der Waals surface area contributed by atoms with Crippen molar-refractivity contribution in [2.45, 2.75) is 20.4 Å². The predicted molar refractivity (Wildman–Crippen MR) is 83.1 cm³/mol. The second kappa shape index (κ2) is 5.29. The minimum Gasteiger partial charge on any atom is -0.379 e. The molecule has 0 spiro atoms. The zero-order valence-electron chi connectivity index (χ0n) is 12.1. The number of hydrogen-bond acceptors (Lipinski definition) is 3. The summed E-state index contributed by atoms with van der Waals surface area (Å²) in [5.41, 5.74) is 5.88. The van der Waals surface area contributed by atoms with Crippen molar-refractivity contribution in [3.8, 4) is 6.07 Å². The summed E-state index contributed by atoms with van der Waals surface area (Å²) < 4.78 is 2.09. The molecule has 104 valence electrons. The van der Waals surface area contributed by atoms with Gasteiger partial charge in [0.2, 0.25) is 0 Å². The van der Waals surface area contributed by atoms with Gasteiger partial charge in [0.25, 0.3) is 0 Å². The molecule has 0 unspecified atom stereocenters. The molecule has 4 nitrogen and oxygen atoms in total. The molecule has 3 aromatic rings. The summed E-state index contributed by atoms with van der Waals surface area (Å²) in [5.74, 6) is 0. The van der Waals surface area contributed by atoms with Crippen LogP contribution in [0.15, 0.2) is 42.6 Å². The highest BCUT2D eigenvalue weighted by atomic mass is 15.0. The number of benzene rings is 1. The van der Waals surface area contributed by atoms with E-state index in [2.05, 4.69) is 20.8 Å². The van der Waals surface area contributed by atoms with Crippen molar-refractivity contribution in [1.82, 2.24) is 9.38 Å². The number of rotatable bonds is 3. The third-order valence-corrected chi connectivity index (χ3v) is 3.64. The van der Waals surface area contributed by atoms with E-state index in [1.54, 1.807) is 0 Å². The summed E-state index contributed by atoms with van der Waals surface area (Å²) in [6, 6.07) is 13.8. The van der Waals surface area contributed by atoms with Gasteiger partial charge in [-0.2, -0.15) is 5.26 Å². The van der Waals surface area contributed by atoms with Crippen LogP contribution in [-0.4, -0.2) is 9.38 Å². The van der Waals surface area contributed by atoms with Crippen LogP contribution in [0.25, 0.3) is 5.65 Å². The van der Waals surface area contributed by atoms with Crippen molar-refractivity contribution in [3.63, 3.8) is 0 Å². The topological polar surface area (TPSA) is 53.1 Å². The van der Waals surface area contributed by atoms with Crippen LogP contribution in [0.4, 0.5) is 5.69 Å². The average molecular weight is 276 g/mol. The van der Waals surface area contributed by atoms with Crippen molar-refractivity contribution in [2.24, 2.45) is 0 Å². The second-order valence-corrected chi connectivity index (χ2v) is 5.07. The summed E-state index contributed by atoms with van der Waals surface area (Å²) >= 11 is 0. The van der Waals surface area contributed by atoms with E-state index in [0.29, 0.717) is 12.1 Å². The highest BCUT2D eigenvalue weighted by Gasteiger charge is 2.08. The fraction of sp³-hybridized carbons (Fsp3) is 0.176. The van der Waals surface area contributed by atoms with Gasteiger partial charge in [-0.15, -0.1) is 0 Å². The van der Waals surface area contributed by atoms with Crippen LogP contribution in [0.5, 0.6) is 0 Å². The number of aromatic nitrogens is 2. The van der Waals surface area contributed by atoms with E-state index in [1.807, 2.05) is 56.4 Å². The van der Waals surface area contributed by atoms with Crippen LogP contribution in [0.2, 0.25) is 0 Å². The van der Waals surface area contributed by atoms with Gasteiger partial charge in [0.05, 0.1) is 29.6 Å². The Morgan fingerprint density at radius 3 is 2.90 bits per heavy atom. The standard InChI is InChI=1S/C17H16N4/c1-12-6-7-14(10-18)9-15(12)19-11-16-13(2)20-17-5-3-4-8-21(16)17/h3-9,19H,11H2,1-2H3. The quantitative estimate of drug-likeness (QED) is 0.797. The number of imidazole rings is 1. The molecule has 0 fully saturated rings. The Balaban J connectivity index is 1.90. The van der Waals surface area contributed by atoms with E-state index >= 15 is 0 Å². The van der Waals surface area contributed by atoms with E-state index in [4.69, 9.17) is 5.26 Å². The number of hydrogen-bond donors (Lipinski definition) is 1. The number of fused-ring (bicyclic) bond motifs is 1. The lowest BCUT2D eigenvalue weighted by atomic mass is 10.1. The van der Waals surface area contributed by atoms with Crippen molar-refractivity contribution in [2.75, 3.05) is 5.32 Å². The van der Waals surface area contributed by atoms with Crippen LogP contribution in [0, 0.1) is 25.2 Å². The van der Waals surface area contributed by atoms with Gasteiger partial charge in [-0.05, 0) is 43.7 Å². The number of aryl methyl sites for hydroxylation is 2. The molecule has 21 heavy (non-hydrogen) atoms. The molecule has 0 saturated heterocycles. The van der Waals surface area contributed by atoms with Crippen molar-refractivity contribution in [3.05, 3.63) is 65.1 Å². The summed E-state index contributed by atoms with van der Waals surface area (Å²) in [6.07, 6.45) is 2.02. The van der Waals surface area contributed by atoms with Crippen molar-refractivity contribution in [1.29, 1.82) is 5.26 Å². The molecular formula is C17H16N4. The SMILES string of the molecule is Cc1ccc(C#N)cc1NCc1c(C)nc2ccccn12. The normalized spacial score (nSPS) is 10.5. The van der Waals surface area contributed by atoms with Crippen molar-refractivity contribution >= 4 is 11.3 Å². The largest absolute Gasteiger partial charge is 0.379 e. The first-order chi connectivity index (χ1) is 10.2. The van der Waals surface area contributed by atoms with E-state index < -0.39 is 0 Å². The summed E-state index contributed by atoms with van der Waals surface area (Å²) in [7, 11) is 0. The summed E-state index contributed by atoms with van der Waals surface area (Å²) in [6.45, 7) is 4.72. The maximum Gasteiger partial charge on any atom is 0.137 e. The van der Waals surface area contributed by atoms with Gasteiger partial charge >= 0.3 is 0 Å². The van der Waals surface area contributed by atoms with Crippen LogP contribution < -0.4 is 5.32 Å². The molecule has 0 atom stereocenters. The third-order valence-electron chi connectivity index (χ3n) is 3.64. The van der Waals surface area contributed by atoms with Gasteiger partial charge in [-0.25, -0.2) is 4.98 Å². The summed E-state index contributed by atoms with van der Waals surface area (Å²) in [5, 5.41) is 12.4. The van der Waals surface area contributed by atoms with Gasteiger partial charge in [-0.3, -0.25) is 0 Å². The number of nitriles is 1. The predicted octanol–water partition coefficient (Wildman–Crippen LogP) is 3.43. The molecule has 4 heteroatoms. The number of pyridine rings is 1. The fourth-order valence-electron chi connectivity index (χ4n) is 2.44. The lowest BCUT2D eigenvalue weighted by Gasteiger charge is -2.10. The van der Waals surface area contributed by atoms with E-state index in [0.717, 1.165) is 28.3 Å². The maximum absolute atomic E-state index is 9.00. The Morgan fingerprint density at radius 2 is 2.10 bits per heavy atom. The zero-order valence-corrected chi connectivity index (χ0v) is 12.1. The maximum atomic E-state index is 9.00. The van der Waals surface area contributed by atoms with Crippen LogP contribution in [-0.2, 0) is 6.54 Å². The molecule has 0 aliphatic rings. The van der Waals surface area contributed by atoms with Gasteiger partial charge in [0.1, 0.15) is 5.65 Å². The van der Waals surface area contributed by atoms with Crippen LogP contribution in [0.1, 0.15) is 22.5 Å². The first kappa shape index (κ1) is 13.2. The van der Waals surface area contributed by atoms with E-state index in [1.165, 1.54) is 0 Å². The molecule has 2 heterocycles. The molecule has 3 rings (SSSR count). The number of nitrogens with one attached hydrogen (secondary N) is 1. The molecule has 0 amide bonds. The second-order valence-electron chi connectivity index (χ2n) is 5.07. The third kappa shape index (κ3) is 2.46. The van der Waals surface area contributed by atoms with Gasteiger partial charge < -0.3 is 9.72 Å². The summed E-state index contributed by atoms with van der Waals surface area (Å²) in [4.78, 5) is 4.55. The molecule has 1 N–H and O–H groups in total. The Morgan fingerprint density at radius 1 is 1.24 bits per heavy atom. The molecule has 0 radical (unpaired) electrons. The minimum atomic E-state index is 0.665. The molecular weight excluding hydrogens is 260 g/mol. The van der Waals surface area contributed by atoms with E-state index in [9.17, 15) is 0 Å². The first-order valence-electron chi connectivity index (χ1n) is 6.86. The fourth-order valence-corrected chi connectivity index (χ4v) is 2.44. The monoisotopic (exact) mass is 276 g/mol. The smallest absolute Gasteiger partial charge is 0.137 e. The first-order valence-corrected chi connectivity index (χ1v) is 6.86. The minimum absolute atomic E-state index is 0.665. The Bertz CT molecular complexity index is 840. The highest BCUT2D eigenvalue weighted by molar-refractivity contribution is 5.55. The Hall–Kier alpha value is -2.80. The highest BCUT2D eigenvalue weighted by Crippen LogP contribution is 2.19. The van der Waals surface area contributed by atoms with Crippen LogP contribution in [0.3, 0.4) is 0 Å². The molecule has 0 bridgehead atoms. The van der Waals surface area contributed by atoms with E-state index in [-0.39, 0.29) is 0 Å². The Labute approximate surface area is 123 Å².